The van der Waals surface area contributed by atoms with Crippen molar-refractivity contribution in [1.29, 1.82) is 0 Å². The van der Waals surface area contributed by atoms with Gasteiger partial charge in [-0.15, -0.1) is 0 Å². The number of ether oxygens (including phenoxy) is 2. The zero-order valence-electron chi connectivity index (χ0n) is 17.1. The Balaban J connectivity index is 1.24. The summed E-state index contributed by atoms with van der Waals surface area (Å²) in [6.45, 7) is 5.96. The molecular formula is C23H28ClN3O3. The van der Waals surface area contributed by atoms with Crippen molar-refractivity contribution in [3.05, 3.63) is 58.6 Å². The van der Waals surface area contributed by atoms with E-state index in [2.05, 4.69) is 34.5 Å². The van der Waals surface area contributed by atoms with Crippen LogP contribution >= 0.6 is 11.6 Å². The molecule has 2 heterocycles. The van der Waals surface area contributed by atoms with Gasteiger partial charge in [-0.25, -0.2) is 4.79 Å². The predicted molar refractivity (Wildman–Crippen MR) is 117 cm³/mol. The summed E-state index contributed by atoms with van der Waals surface area (Å²) in [5.74, 6) is 1.29. The number of carbonyl (C=O) groups is 1. The lowest BCUT2D eigenvalue weighted by atomic mass is 10.1. The highest BCUT2D eigenvalue weighted by Gasteiger charge is 2.20. The maximum atomic E-state index is 12.6. The van der Waals surface area contributed by atoms with Crippen molar-refractivity contribution in [2.75, 3.05) is 45.9 Å². The molecule has 0 atom stereocenters. The molecule has 0 saturated carbocycles. The summed E-state index contributed by atoms with van der Waals surface area (Å²) in [5, 5.41) is 3.60. The average molecular weight is 430 g/mol. The van der Waals surface area contributed by atoms with E-state index in [0.717, 1.165) is 44.7 Å². The third-order valence-electron chi connectivity index (χ3n) is 5.47. The first kappa shape index (κ1) is 20.8. The smallest absolute Gasteiger partial charge is 0.317 e. The number of hydrogen-bond acceptors (Lipinski definition) is 4. The van der Waals surface area contributed by atoms with E-state index in [1.807, 2.05) is 23.1 Å². The molecule has 30 heavy (non-hydrogen) atoms. The molecule has 0 spiro atoms. The first-order valence-electron chi connectivity index (χ1n) is 10.6. The quantitative estimate of drug-likeness (QED) is 0.789. The number of benzene rings is 2. The van der Waals surface area contributed by atoms with Crippen LogP contribution in [0.2, 0.25) is 5.02 Å². The molecule has 0 aliphatic carbocycles. The van der Waals surface area contributed by atoms with E-state index in [9.17, 15) is 4.79 Å². The number of rotatable bonds is 5. The van der Waals surface area contributed by atoms with Gasteiger partial charge in [0.1, 0.15) is 13.2 Å². The fourth-order valence-electron chi connectivity index (χ4n) is 3.91. The average Bonchev–Trinajstić information content (AvgIpc) is 3.00. The van der Waals surface area contributed by atoms with Crippen LogP contribution in [0.4, 0.5) is 4.79 Å². The molecule has 1 fully saturated rings. The van der Waals surface area contributed by atoms with Crippen LogP contribution in [0.25, 0.3) is 0 Å². The van der Waals surface area contributed by atoms with Crippen molar-refractivity contribution >= 4 is 17.6 Å². The molecule has 2 aromatic carbocycles. The minimum absolute atomic E-state index is 0.000186. The van der Waals surface area contributed by atoms with Crippen LogP contribution in [0.15, 0.2) is 42.5 Å². The number of fused-ring (bicyclic) bond motifs is 1. The van der Waals surface area contributed by atoms with Gasteiger partial charge < -0.3 is 19.7 Å². The van der Waals surface area contributed by atoms with Gasteiger partial charge in [0.05, 0.1) is 5.02 Å². The topological polar surface area (TPSA) is 54.0 Å². The number of amides is 2. The Morgan fingerprint density at radius 1 is 1.00 bits per heavy atom. The van der Waals surface area contributed by atoms with Crippen molar-refractivity contribution in [3.8, 4) is 11.5 Å². The summed E-state index contributed by atoms with van der Waals surface area (Å²) in [6, 6.07) is 14.3. The van der Waals surface area contributed by atoms with Gasteiger partial charge in [-0.05, 0) is 36.1 Å². The Kier molecular flexibility index (Phi) is 6.97. The molecule has 2 aliphatic heterocycles. The van der Waals surface area contributed by atoms with E-state index in [-0.39, 0.29) is 6.03 Å². The predicted octanol–water partition coefficient (Wildman–Crippen LogP) is 3.57. The molecule has 2 aliphatic rings. The fourth-order valence-corrected chi connectivity index (χ4v) is 4.20. The number of halogens is 1. The summed E-state index contributed by atoms with van der Waals surface area (Å²) in [6.07, 6.45) is 1.67. The molecule has 1 saturated heterocycles. The Labute approximate surface area is 182 Å². The maximum absolute atomic E-state index is 12.6. The Hall–Kier alpha value is -2.44. The van der Waals surface area contributed by atoms with E-state index >= 15 is 0 Å². The second kappa shape index (κ2) is 10.0. The maximum Gasteiger partial charge on any atom is 0.317 e. The lowest BCUT2D eigenvalue weighted by Crippen LogP contribution is -2.42. The lowest BCUT2D eigenvalue weighted by molar-refractivity contribution is 0.171. The molecule has 2 amide bonds. The van der Waals surface area contributed by atoms with Gasteiger partial charge >= 0.3 is 6.03 Å². The molecule has 2 aromatic rings. The Morgan fingerprint density at radius 2 is 1.83 bits per heavy atom. The SMILES string of the molecule is O=C(NCCc1cc(Cl)c2c(c1)OCCO2)N1CCCN(Cc2ccccc2)CC1. The van der Waals surface area contributed by atoms with Crippen LogP contribution in [0.5, 0.6) is 11.5 Å². The van der Waals surface area contributed by atoms with Crippen LogP contribution in [0.3, 0.4) is 0 Å². The Bertz CT molecular complexity index is 862. The van der Waals surface area contributed by atoms with Crippen LogP contribution in [0, 0.1) is 0 Å². The normalized spacial score (nSPS) is 16.8. The van der Waals surface area contributed by atoms with Crippen LogP contribution in [-0.4, -0.2) is 61.8 Å². The summed E-state index contributed by atoms with van der Waals surface area (Å²) in [4.78, 5) is 17.0. The summed E-state index contributed by atoms with van der Waals surface area (Å²) in [5.41, 5.74) is 2.34. The third-order valence-corrected chi connectivity index (χ3v) is 5.75. The Morgan fingerprint density at radius 3 is 2.70 bits per heavy atom. The second-order valence-corrected chi connectivity index (χ2v) is 8.09. The van der Waals surface area contributed by atoms with Gasteiger partial charge in [0.2, 0.25) is 0 Å². The summed E-state index contributed by atoms with van der Waals surface area (Å²) < 4.78 is 11.2. The number of nitrogens with zero attached hydrogens (tertiary/aromatic N) is 2. The van der Waals surface area contributed by atoms with E-state index in [1.165, 1.54) is 5.56 Å². The van der Waals surface area contributed by atoms with E-state index < -0.39 is 0 Å². The van der Waals surface area contributed by atoms with Crippen molar-refractivity contribution < 1.29 is 14.3 Å². The third kappa shape index (κ3) is 5.37. The van der Waals surface area contributed by atoms with Gasteiger partial charge in [-0.3, -0.25) is 4.90 Å². The largest absolute Gasteiger partial charge is 0.486 e. The molecule has 160 valence electrons. The molecule has 0 bridgehead atoms. The van der Waals surface area contributed by atoms with Crippen LogP contribution in [0.1, 0.15) is 17.5 Å². The molecule has 7 heteroatoms. The molecule has 0 radical (unpaired) electrons. The van der Waals surface area contributed by atoms with Crippen molar-refractivity contribution in [2.45, 2.75) is 19.4 Å². The van der Waals surface area contributed by atoms with E-state index in [1.54, 1.807) is 0 Å². The monoisotopic (exact) mass is 429 g/mol. The minimum Gasteiger partial charge on any atom is -0.486 e. The molecule has 4 rings (SSSR count). The van der Waals surface area contributed by atoms with Crippen LogP contribution < -0.4 is 14.8 Å². The number of nitrogens with one attached hydrogen (secondary N) is 1. The van der Waals surface area contributed by atoms with Gasteiger partial charge in [-0.1, -0.05) is 41.9 Å². The lowest BCUT2D eigenvalue weighted by Gasteiger charge is -2.23. The standard InChI is InChI=1S/C23H28ClN3O3/c24-20-15-19(16-21-22(20)30-14-13-29-21)7-8-25-23(28)27-10-4-9-26(11-12-27)17-18-5-2-1-3-6-18/h1-3,5-6,15-16H,4,7-14,17H2,(H,25,28). The van der Waals surface area contributed by atoms with Gasteiger partial charge in [0.15, 0.2) is 11.5 Å². The van der Waals surface area contributed by atoms with Crippen LogP contribution in [-0.2, 0) is 13.0 Å². The molecule has 0 unspecified atom stereocenters. The van der Waals surface area contributed by atoms with Crippen molar-refractivity contribution in [2.24, 2.45) is 0 Å². The van der Waals surface area contributed by atoms with Crippen molar-refractivity contribution in [1.82, 2.24) is 15.1 Å². The number of hydrogen-bond donors (Lipinski definition) is 1. The highest BCUT2D eigenvalue weighted by atomic mass is 35.5. The second-order valence-electron chi connectivity index (χ2n) is 7.69. The van der Waals surface area contributed by atoms with Gasteiger partial charge in [-0.2, -0.15) is 0 Å². The van der Waals surface area contributed by atoms with E-state index in [4.69, 9.17) is 21.1 Å². The molecule has 0 aromatic heterocycles. The highest BCUT2D eigenvalue weighted by molar-refractivity contribution is 6.32. The number of carbonyl (C=O) groups excluding carboxylic acids is 1. The zero-order chi connectivity index (χ0) is 20.8. The molecule has 1 N–H and O–H groups in total. The number of urea groups is 1. The minimum atomic E-state index is 0.000186. The van der Waals surface area contributed by atoms with Gasteiger partial charge in [0, 0.05) is 39.3 Å². The first-order chi connectivity index (χ1) is 14.7. The fraction of sp³-hybridized carbons (Fsp3) is 0.435. The van der Waals surface area contributed by atoms with Gasteiger partial charge in [0.25, 0.3) is 0 Å². The summed E-state index contributed by atoms with van der Waals surface area (Å²) in [7, 11) is 0. The zero-order valence-corrected chi connectivity index (χ0v) is 17.9. The molecular weight excluding hydrogens is 402 g/mol. The highest BCUT2D eigenvalue weighted by Crippen LogP contribution is 2.38. The van der Waals surface area contributed by atoms with Crippen molar-refractivity contribution in [3.63, 3.8) is 0 Å². The molecule has 6 nitrogen and oxygen atoms in total. The first-order valence-corrected chi connectivity index (χ1v) is 10.9. The van der Waals surface area contributed by atoms with E-state index in [0.29, 0.717) is 42.7 Å². The summed E-state index contributed by atoms with van der Waals surface area (Å²) >= 11 is 6.30.